The first-order valence-electron chi connectivity index (χ1n) is 8.65. The van der Waals surface area contributed by atoms with Gasteiger partial charge in [-0.2, -0.15) is 0 Å². The van der Waals surface area contributed by atoms with Gasteiger partial charge in [0.05, 0.1) is 11.1 Å². The topological polar surface area (TPSA) is 123 Å². The van der Waals surface area contributed by atoms with E-state index in [-0.39, 0.29) is 5.56 Å². The molecule has 1 heterocycles. The Kier molecular flexibility index (Phi) is 6.37. The van der Waals surface area contributed by atoms with Crippen molar-refractivity contribution in [2.75, 3.05) is 6.61 Å². The van der Waals surface area contributed by atoms with Crippen molar-refractivity contribution in [3.8, 4) is 0 Å². The van der Waals surface area contributed by atoms with Crippen LogP contribution in [0.15, 0.2) is 60.7 Å². The van der Waals surface area contributed by atoms with Crippen molar-refractivity contribution < 1.29 is 39.1 Å². The Labute approximate surface area is 160 Å². The highest BCUT2D eigenvalue weighted by Crippen LogP contribution is 2.24. The van der Waals surface area contributed by atoms with Crippen molar-refractivity contribution in [2.24, 2.45) is 0 Å². The summed E-state index contributed by atoms with van der Waals surface area (Å²) in [6.07, 6.45) is -7.56. The Morgan fingerprint density at radius 2 is 1.36 bits per heavy atom. The third-order valence-electron chi connectivity index (χ3n) is 4.30. The Hall–Kier alpha value is -2.78. The van der Waals surface area contributed by atoms with Crippen molar-refractivity contribution in [1.29, 1.82) is 0 Å². The summed E-state index contributed by atoms with van der Waals surface area (Å²) in [6.45, 7) is -0.405. The molecule has 0 saturated carbocycles. The molecule has 8 heteroatoms. The van der Waals surface area contributed by atoms with Crippen LogP contribution in [0.3, 0.4) is 0 Å². The van der Waals surface area contributed by atoms with Gasteiger partial charge in [-0.15, -0.1) is 0 Å². The predicted molar refractivity (Wildman–Crippen MR) is 95.3 cm³/mol. The summed E-state index contributed by atoms with van der Waals surface area (Å²) in [6, 6.07) is 16.2. The number of ether oxygens (including phenoxy) is 3. The molecule has 2 aromatic carbocycles. The first-order chi connectivity index (χ1) is 13.5. The minimum Gasteiger partial charge on any atom is -0.459 e. The van der Waals surface area contributed by atoms with Gasteiger partial charge in [0, 0.05) is 0 Å². The molecule has 0 aliphatic carbocycles. The Bertz CT molecular complexity index is 794. The lowest BCUT2D eigenvalue weighted by atomic mass is 9.99. The zero-order valence-electron chi connectivity index (χ0n) is 14.8. The second-order valence-electron chi connectivity index (χ2n) is 6.25. The number of aliphatic hydroxyl groups is 3. The minimum absolute atomic E-state index is 0.218. The Morgan fingerprint density at radius 3 is 1.93 bits per heavy atom. The van der Waals surface area contributed by atoms with E-state index in [1.54, 1.807) is 48.5 Å². The molecule has 0 spiro atoms. The van der Waals surface area contributed by atoms with Crippen molar-refractivity contribution in [3.05, 3.63) is 71.8 Å². The summed E-state index contributed by atoms with van der Waals surface area (Å²) in [5.74, 6) is -1.42. The highest BCUT2D eigenvalue weighted by molar-refractivity contribution is 5.89. The lowest BCUT2D eigenvalue weighted by molar-refractivity contribution is -0.285. The maximum atomic E-state index is 12.2. The molecule has 0 unspecified atom stereocenters. The van der Waals surface area contributed by atoms with E-state index in [1.165, 1.54) is 12.1 Å². The summed E-state index contributed by atoms with van der Waals surface area (Å²) < 4.78 is 15.4. The maximum absolute atomic E-state index is 12.2. The van der Waals surface area contributed by atoms with Gasteiger partial charge >= 0.3 is 11.9 Å². The number of esters is 2. The molecule has 3 rings (SSSR count). The van der Waals surface area contributed by atoms with Crippen molar-refractivity contribution in [1.82, 2.24) is 0 Å². The average Bonchev–Trinajstić information content (AvgIpc) is 2.73. The van der Waals surface area contributed by atoms with Crippen LogP contribution in [0.1, 0.15) is 20.7 Å². The third kappa shape index (κ3) is 4.55. The van der Waals surface area contributed by atoms with Crippen LogP contribution < -0.4 is 0 Å². The van der Waals surface area contributed by atoms with E-state index in [1.807, 2.05) is 0 Å². The second-order valence-corrected chi connectivity index (χ2v) is 6.25. The SMILES string of the molecule is O=C(OC[C@H]1O[C@@H](O)[C@H](O)[C@@H](OC(=O)c2ccccc2)[C@@H]1O)c1ccccc1. The minimum atomic E-state index is -1.72. The maximum Gasteiger partial charge on any atom is 0.338 e. The summed E-state index contributed by atoms with van der Waals surface area (Å²) >= 11 is 0. The number of hydrogen-bond donors (Lipinski definition) is 3. The average molecular weight is 388 g/mol. The van der Waals surface area contributed by atoms with Crippen molar-refractivity contribution >= 4 is 11.9 Å². The quantitative estimate of drug-likeness (QED) is 0.633. The molecule has 148 valence electrons. The zero-order valence-corrected chi connectivity index (χ0v) is 14.8. The zero-order chi connectivity index (χ0) is 20.1. The molecular formula is C20H20O8. The molecule has 28 heavy (non-hydrogen) atoms. The molecule has 1 aliphatic rings. The van der Waals surface area contributed by atoms with Crippen molar-refractivity contribution in [2.45, 2.75) is 30.7 Å². The third-order valence-corrected chi connectivity index (χ3v) is 4.30. The standard InChI is InChI=1S/C20H20O8/c21-15-14(11-26-18(23)12-7-3-1-4-8-12)27-20(25)16(22)17(15)28-19(24)13-9-5-2-6-10-13/h1-10,14-17,20-22,25H,11H2/t14-,15-,16-,17+,20-/m1/s1. The number of rotatable bonds is 5. The normalized spacial score (nSPS) is 27.0. The highest BCUT2D eigenvalue weighted by atomic mass is 16.7. The molecule has 8 nitrogen and oxygen atoms in total. The molecule has 2 aromatic rings. The molecule has 0 aromatic heterocycles. The van der Waals surface area contributed by atoms with E-state index in [0.717, 1.165) is 0 Å². The van der Waals surface area contributed by atoms with E-state index >= 15 is 0 Å². The summed E-state index contributed by atoms with van der Waals surface area (Å²) in [5.41, 5.74) is 0.523. The first-order valence-corrected chi connectivity index (χ1v) is 8.65. The van der Waals surface area contributed by atoms with Crippen LogP contribution in [0, 0.1) is 0 Å². The summed E-state index contributed by atoms with van der Waals surface area (Å²) in [5, 5.41) is 30.4. The molecule has 5 atom stereocenters. The molecule has 0 radical (unpaired) electrons. The van der Waals surface area contributed by atoms with Gasteiger partial charge in [-0.1, -0.05) is 36.4 Å². The van der Waals surface area contributed by atoms with Gasteiger partial charge in [0.2, 0.25) is 0 Å². The van der Waals surface area contributed by atoms with E-state index in [4.69, 9.17) is 14.2 Å². The number of carbonyl (C=O) groups is 2. The van der Waals surface area contributed by atoms with Gasteiger partial charge in [-0.05, 0) is 24.3 Å². The first kappa shape index (κ1) is 20.0. The van der Waals surface area contributed by atoms with Gasteiger partial charge in [0.25, 0.3) is 0 Å². The van der Waals surface area contributed by atoms with E-state index in [2.05, 4.69) is 0 Å². The van der Waals surface area contributed by atoms with E-state index in [0.29, 0.717) is 5.56 Å². The largest absolute Gasteiger partial charge is 0.459 e. The number of benzene rings is 2. The second kappa shape index (κ2) is 8.94. The molecule has 0 bridgehead atoms. The summed E-state index contributed by atoms with van der Waals surface area (Å²) in [7, 11) is 0. The lowest BCUT2D eigenvalue weighted by Crippen LogP contribution is -2.60. The number of aliphatic hydroxyl groups excluding tert-OH is 3. The van der Waals surface area contributed by atoms with Gasteiger partial charge < -0.3 is 29.5 Å². The van der Waals surface area contributed by atoms with Gasteiger partial charge in [-0.3, -0.25) is 0 Å². The van der Waals surface area contributed by atoms with E-state index in [9.17, 15) is 24.9 Å². The van der Waals surface area contributed by atoms with Crippen molar-refractivity contribution in [3.63, 3.8) is 0 Å². The molecule has 0 amide bonds. The molecular weight excluding hydrogens is 368 g/mol. The molecule has 3 N–H and O–H groups in total. The Balaban J connectivity index is 1.65. The number of carbonyl (C=O) groups excluding carboxylic acids is 2. The van der Waals surface area contributed by atoms with Crippen LogP contribution in [-0.2, 0) is 14.2 Å². The monoisotopic (exact) mass is 388 g/mol. The molecule has 1 saturated heterocycles. The summed E-state index contributed by atoms with van der Waals surface area (Å²) in [4.78, 5) is 24.2. The van der Waals surface area contributed by atoms with Crippen LogP contribution in [0.4, 0.5) is 0 Å². The van der Waals surface area contributed by atoms with Crippen LogP contribution in [-0.4, -0.2) is 64.6 Å². The molecule has 1 fully saturated rings. The lowest BCUT2D eigenvalue weighted by Gasteiger charge is -2.39. The van der Waals surface area contributed by atoms with Crippen LogP contribution >= 0.6 is 0 Å². The fourth-order valence-corrected chi connectivity index (χ4v) is 2.77. The van der Waals surface area contributed by atoms with Crippen LogP contribution in [0.25, 0.3) is 0 Å². The Morgan fingerprint density at radius 1 is 0.821 bits per heavy atom. The van der Waals surface area contributed by atoms with Gasteiger partial charge in [0.15, 0.2) is 12.4 Å². The fraction of sp³-hybridized carbons (Fsp3) is 0.300. The number of hydrogen-bond acceptors (Lipinski definition) is 8. The predicted octanol–water partition coefficient (Wildman–Crippen LogP) is 0.508. The van der Waals surface area contributed by atoms with Crippen LogP contribution in [0.5, 0.6) is 0 Å². The fourth-order valence-electron chi connectivity index (χ4n) is 2.77. The highest BCUT2D eigenvalue weighted by Gasteiger charge is 2.46. The van der Waals surface area contributed by atoms with Gasteiger partial charge in [-0.25, -0.2) is 9.59 Å². The van der Waals surface area contributed by atoms with Crippen LogP contribution in [0.2, 0.25) is 0 Å². The van der Waals surface area contributed by atoms with E-state index < -0.39 is 49.3 Å². The van der Waals surface area contributed by atoms with Gasteiger partial charge in [0.1, 0.15) is 24.9 Å². The molecule has 1 aliphatic heterocycles. The smallest absolute Gasteiger partial charge is 0.338 e.